The van der Waals surface area contributed by atoms with Crippen molar-refractivity contribution in [3.05, 3.63) is 29.8 Å². The first kappa shape index (κ1) is 10.6. The summed E-state index contributed by atoms with van der Waals surface area (Å²) in [7, 11) is 1.51. The molecule has 3 heteroatoms. The summed E-state index contributed by atoms with van der Waals surface area (Å²) in [5, 5.41) is 17.9. The van der Waals surface area contributed by atoms with Gasteiger partial charge in [-0.25, -0.2) is 0 Å². The molecule has 0 amide bonds. The van der Waals surface area contributed by atoms with E-state index in [0.717, 1.165) is 5.56 Å². The number of phenols is 1. The van der Waals surface area contributed by atoms with Crippen LogP contribution in [0.4, 0.5) is 0 Å². The second-order valence-electron chi connectivity index (χ2n) is 2.85. The van der Waals surface area contributed by atoms with Gasteiger partial charge in [0, 0.05) is 6.61 Å². The molecule has 0 aliphatic heterocycles. The summed E-state index contributed by atoms with van der Waals surface area (Å²) >= 11 is 0. The van der Waals surface area contributed by atoms with E-state index in [2.05, 4.69) is 0 Å². The molecule has 1 rings (SSSR count). The molecule has 3 nitrogen and oxygen atoms in total. The minimum atomic E-state index is 0.131. The summed E-state index contributed by atoms with van der Waals surface area (Å²) in [5.74, 6) is 0.586. The lowest BCUT2D eigenvalue weighted by molar-refractivity contribution is 0.303. The number of aromatic hydroxyl groups is 1. The van der Waals surface area contributed by atoms with E-state index in [1.807, 2.05) is 12.2 Å². The number of rotatable bonds is 4. The average molecular weight is 194 g/mol. The Hall–Kier alpha value is -1.48. The van der Waals surface area contributed by atoms with Crippen LogP contribution in [-0.4, -0.2) is 23.9 Å². The number of hydrogen-bond acceptors (Lipinski definition) is 3. The molecule has 0 radical (unpaired) electrons. The highest BCUT2D eigenvalue weighted by molar-refractivity contribution is 5.55. The van der Waals surface area contributed by atoms with Crippen molar-refractivity contribution in [2.24, 2.45) is 0 Å². The van der Waals surface area contributed by atoms with E-state index in [9.17, 15) is 5.11 Å². The SMILES string of the molecule is COc1cc(C=CCCO)ccc1O. The van der Waals surface area contributed by atoms with E-state index in [-0.39, 0.29) is 12.4 Å². The topological polar surface area (TPSA) is 49.7 Å². The Kier molecular flexibility index (Phi) is 4.01. The molecule has 0 bridgehead atoms. The fourth-order valence-electron chi connectivity index (χ4n) is 1.09. The van der Waals surface area contributed by atoms with Crippen LogP contribution >= 0.6 is 0 Å². The van der Waals surface area contributed by atoms with Crippen LogP contribution in [0, 0.1) is 0 Å². The summed E-state index contributed by atoms with van der Waals surface area (Å²) in [6.45, 7) is 0.145. The predicted molar refractivity (Wildman–Crippen MR) is 55.4 cm³/mol. The molecule has 14 heavy (non-hydrogen) atoms. The first-order chi connectivity index (χ1) is 6.77. The van der Waals surface area contributed by atoms with E-state index in [0.29, 0.717) is 12.2 Å². The van der Waals surface area contributed by atoms with Crippen molar-refractivity contribution in [1.29, 1.82) is 0 Å². The van der Waals surface area contributed by atoms with Crippen molar-refractivity contribution in [2.45, 2.75) is 6.42 Å². The van der Waals surface area contributed by atoms with Gasteiger partial charge >= 0.3 is 0 Å². The Morgan fingerprint density at radius 2 is 2.21 bits per heavy atom. The van der Waals surface area contributed by atoms with Gasteiger partial charge < -0.3 is 14.9 Å². The normalized spacial score (nSPS) is 10.7. The largest absolute Gasteiger partial charge is 0.504 e. The number of aliphatic hydroxyl groups excluding tert-OH is 1. The smallest absolute Gasteiger partial charge is 0.161 e. The maximum atomic E-state index is 9.32. The molecule has 76 valence electrons. The van der Waals surface area contributed by atoms with Gasteiger partial charge in [0.2, 0.25) is 0 Å². The van der Waals surface area contributed by atoms with Crippen molar-refractivity contribution in [2.75, 3.05) is 13.7 Å². The highest BCUT2D eigenvalue weighted by atomic mass is 16.5. The Labute approximate surface area is 83.3 Å². The van der Waals surface area contributed by atoms with Crippen LogP contribution in [-0.2, 0) is 0 Å². The molecule has 0 spiro atoms. The van der Waals surface area contributed by atoms with E-state index >= 15 is 0 Å². The molecule has 0 saturated carbocycles. The lowest BCUT2D eigenvalue weighted by Crippen LogP contribution is -1.84. The van der Waals surface area contributed by atoms with Gasteiger partial charge in [-0.2, -0.15) is 0 Å². The van der Waals surface area contributed by atoms with Crippen LogP contribution in [0.3, 0.4) is 0 Å². The molecule has 0 aliphatic carbocycles. The van der Waals surface area contributed by atoms with Crippen molar-refractivity contribution in [3.63, 3.8) is 0 Å². The van der Waals surface area contributed by atoms with Crippen molar-refractivity contribution in [1.82, 2.24) is 0 Å². The molecule has 2 N–H and O–H groups in total. The number of benzene rings is 1. The van der Waals surface area contributed by atoms with Gasteiger partial charge in [0.05, 0.1) is 7.11 Å². The minimum absolute atomic E-state index is 0.131. The molecule has 0 saturated heterocycles. The fourth-order valence-corrected chi connectivity index (χ4v) is 1.09. The zero-order valence-electron chi connectivity index (χ0n) is 8.10. The summed E-state index contributed by atoms with van der Waals surface area (Å²) in [6, 6.07) is 5.10. The highest BCUT2D eigenvalue weighted by Gasteiger charge is 1.99. The number of ether oxygens (including phenoxy) is 1. The van der Waals surface area contributed by atoms with Crippen LogP contribution in [0.1, 0.15) is 12.0 Å². The summed E-state index contributed by atoms with van der Waals surface area (Å²) in [4.78, 5) is 0. The molecule has 0 unspecified atom stereocenters. The van der Waals surface area contributed by atoms with Gasteiger partial charge in [-0.05, 0) is 24.1 Å². The molecule has 1 aromatic carbocycles. The van der Waals surface area contributed by atoms with E-state index in [4.69, 9.17) is 9.84 Å². The van der Waals surface area contributed by atoms with Crippen LogP contribution in [0.5, 0.6) is 11.5 Å². The Bertz CT molecular complexity index is 318. The van der Waals surface area contributed by atoms with Gasteiger partial charge in [-0.1, -0.05) is 18.2 Å². The quantitative estimate of drug-likeness (QED) is 0.768. The Morgan fingerprint density at radius 1 is 1.43 bits per heavy atom. The van der Waals surface area contributed by atoms with Crippen LogP contribution in [0.2, 0.25) is 0 Å². The van der Waals surface area contributed by atoms with Gasteiger partial charge in [-0.3, -0.25) is 0 Å². The third kappa shape index (κ3) is 2.78. The second kappa shape index (κ2) is 5.29. The first-order valence-corrected chi connectivity index (χ1v) is 4.42. The number of methoxy groups -OCH3 is 1. The van der Waals surface area contributed by atoms with Crippen LogP contribution < -0.4 is 4.74 Å². The van der Waals surface area contributed by atoms with Crippen molar-refractivity contribution in [3.8, 4) is 11.5 Å². The molecule has 0 heterocycles. The van der Waals surface area contributed by atoms with Gasteiger partial charge in [-0.15, -0.1) is 0 Å². The van der Waals surface area contributed by atoms with Crippen LogP contribution in [0.25, 0.3) is 6.08 Å². The first-order valence-electron chi connectivity index (χ1n) is 4.42. The molecule has 0 atom stereocenters. The molecule has 0 aliphatic rings. The van der Waals surface area contributed by atoms with E-state index in [1.54, 1.807) is 18.2 Å². The summed E-state index contributed by atoms with van der Waals surface area (Å²) in [5.41, 5.74) is 0.938. The van der Waals surface area contributed by atoms with E-state index in [1.165, 1.54) is 7.11 Å². The lowest BCUT2D eigenvalue weighted by atomic mass is 10.2. The average Bonchev–Trinajstić information content (AvgIpc) is 2.21. The van der Waals surface area contributed by atoms with Crippen molar-refractivity contribution < 1.29 is 14.9 Å². The monoisotopic (exact) mass is 194 g/mol. The molecular formula is C11H14O3. The predicted octanol–water partition coefficient (Wildman–Crippen LogP) is 1.80. The summed E-state index contributed by atoms with van der Waals surface area (Å²) in [6.07, 6.45) is 4.37. The maximum Gasteiger partial charge on any atom is 0.161 e. The van der Waals surface area contributed by atoms with Gasteiger partial charge in [0.25, 0.3) is 0 Å². The molecular weight excluding hydrogens is 180 g/mol. The Morgan fingerprint density at radius 3 is 2.86 bits per heavy atom. The van der Waals surface area contributed by atoms with Crippen molar-refractivity contribution >= 4 is 6.08 Å². The highest BCUT2D eigenvalue weighted by Crippen LogP contribution is 2.26. The lowest BCUT2D eigenvalue weighted by Gasteiger charge is -2.03. The number of phenolic OH excluding ortho intramolecular Hbond substituents is 1. The third-order valence-corrected chi connectivity index (χ3v) is 1.81. The second-order valence-corrected chi connectivity index (χ2v) is 2.85. The standard InChI is InChI=1S/C11H14O3/c1-14-11-8-9(4-2-3-7-12)5-6-10(11)13/h2,4-6,8,12-13H,3,7H2,1H3. The van der Waals surface area contributed by atoms with E-state index < -0.39 is 0 Å². The molecule has 1 aromatic rings. The zero-order valence-corrected chi connectivity index (χ0v) is 8.10. The zero-order chi connectivity index (χ0) is 10.4. The van der Waals surface area contributed by atoms with Crippen LogP contribution in [0.15, 0.2) is 24.3 Å². The Balaban J connectivity index is 2.79. The number of aliphatic hydroxyl groups is 1. The van der Waals surface area contributed by atoms with Gasteiger partial charge in [0.15, 0.2) is 11.5 Å². The molecule has 0 aromatic heterocycles. The fraction of sp³-hybridized carbons (Fsp3) is 0.273. The minimum Gasteiger partial charge on any atom is -0.504 e. The molecule has 0 fully saturated rings. The third-order valence-electron chi connectivity index (χ3n) is 1.81. The maximum absolute atomic E-state index is 9.32. The van der Waals surface area contributed by atoms with Gasteiger partial charge in [0.1, 0.15) is 0 Å². The summed E-state index contributed by atoms with van der Waals surface area (Å²) < 4.78 is 4.96. The number of hydrogen-bond donors (Lipinski definition) is 2.